The van der Waals surface area contributed by atoms with Gasteiger partial charge in [-0.1, -0.05) is 13.3 Å². The molecule has 0 spiro atoms. The normalized spacial score (nSPS) is 16.6. The van der Waals surface area contributed by atoms with E-state index in [1.165, 1.54) is 20.0 Å². The molecule has 2 unspecified atom stereocenters. The second-order valence-corrected chi connectivity index (χ2v) is 4.96. The maximum atomic E-state index is 11.7. The number of carbonyl (C=O) groups excluding carboxylic acids is 1. The SMILES string of the molecule is CCCCN(C)C(C)CC(C)(NC)C(=O)OC. The zero-order valence-corrected chi connectivity index (χ0v) is 12.2. The predicted octanol–water partition coefficient (Wildman–Crippen LogP) is 1.65. The van der Waals surface area contributed by atoms with Crippen molar-refractivity contribution in [2.75, 3.05) is 27.7 Å². The molecule has 0 aromatic carbocycles. The lowest BCUT2D eigenvalue weighted by atomic mass is 9.93. The number of esters is 1. The highest BCUT2D eigenvalue weighted by molar-refractivity contribution is 5.80. The van der Waals surface area contributed by atoms with Gasteiger partial charge in [0.1, 0.15) is 5.54 Å². The molecular formula is C13H28N2O2. The van der Waals surface area contributed by atoms with E-state index < -0.39 is 5.54 Å². The fourth-order valence-electron chi connectivity index (χ4n) is 1.89. The summed E-state index contributed by atoms with van der Waals surface area (Å²) in [5, 5.41) is 3.07. The molecule has 0 rings (SSSR count). The average molecular weight is 244 g/mol. The number of hydrogen-bond acceptors (Lipinski definition) is 4. The Morgan fingerprint density at radius 3 is 2.53 bits per heavy atom. The molecule has 0 heterocycles. The first-order chi connectivity index (χ1) is 7.91. The Hall–Kier alpha value is -0.610. The standard InChI is InChI=1S/C13H28N2O2/c1-7-8-9-15(5)11(2)10-13(3,14-4)12(16)17-6/h11,14H,7-10H2,1-6H3. The summed E-state index contributed by atoms with van der Waals surface area (Å²) in [4.78, 5) is 14.0. The Balaban J connectivity index is 4.41. The molecule has 0 bridgehead atoms. The van der Waals surface area contributed by atoms with Crippen LogP contribution >= 0.6 is 0 Å². The summed E-state index contributed by atoms with van der Waals surface area (Å²) in [6.07, 6.45) is 3.13. The van der Waals surface area contributed by atoms with E-state index in [0.717, 1.165) is 13.0 Å². The van der Waals surface area contributed by atoms with Gasteiger partial charge in [0, 0.05) is 6.04 Å². The number of unbranched alkanes of at least 4 members (excludes halogenated alkanes) is 1. The van der Waals surface area contributed by atoms with Gasteiger partial charge in [0.25, 0.3) is 0 Å². The highest BCUT2D eigenvalue weighted by Crippen LogP contribution is 2.17. The molecule has 17 heavy (non-hydrogen) atoms. The van der Waals surface area contributed by atoms with Gasteiger partial charge in [-0.05, 0) is 47.3 Å². The van der Waals surface area contributed by atoms with Crippen LogP contribution < -0.4 is 5.32 Å². The monoisotopic (exact) mass is 244 g/mol. The van der Waals surface area contributed by atoms with Crippen molar-refractivity contribution >= 4 is 5.97 Å². The summed E-state index contributed by atoms with van der Waals surface area (Å²) in [5.41, 5.74) is -0.603. The van der Waals surface area contributed by atoms with Crippen LogP contribution in [0.4, 0.5) is 0 Å². The molecule has 2 atom stereocenters. The number of nitrogens with one attached hydrogen (secondary N) is 1. The number of carbonyl (C=O) groups is 1. The maximum Gasteiger partial charge on any atom is 0.325 e. The zero-order valence-electron chi connectivity index (χ0n) is 12.2. The zero-order chi connectivity index (χ0) is 13.5. The summed E-state index contributed by atoms with van der Waals surface area (Å²) in [6.45, 7) is 7.29. The predicted molar refractivity (Wildman–Crippen MR) is 71.1 cm³/mol. The van der Waals surface area contributed by atoms with E-state index in [1.807, 2.05) is 6.92 Å². The van der Waals surface area contributed by atoms with Gasteiger partial charge in [0.2, 0.25) is 0 Å². The van der Waals surface area contributed by atoms with Gasteiger partial charge < -0.3 is 15.0 Å². The van der Waals surface area contributed by atoms with Crippen molar-refractivity contribution in [3.63, 3.8) is 0 Å². The topological polar surface area (TPSA) is 41.6 Å². The minimum atomic E-state index is -0.603. The summed E-state index contributed by atoms with van der Waals surface area (Å²) in [7, 11) is 5.34. The molecule has 102 valence electrons. The molecule has 0 saturated heterocycles. The molecule has 4 heteroatoms. The first-order valence-electron chi connectivity index (χ1n) is 6.38. The van der Waals surface area contributed by atoms with Gasteiger partial charge in [0.15, 0.2) is 0 Å². The van der Waals surface area contributed by atoms with Gasteiger partial charge in [-0.3, -0.25) is 4.79 Å². The minimum absolute atomic E-state index is 0.198. The lowest BCUT2D eigenvalue weighted by molar-refractivity contribution is -0.148. The van der Waals surface area contributed by atoms with Gasteiger partial charge >= 0.3 is 5.97 Å². The first kappa shape index (κ1) is 16.4. The quantitative estimate of drug-likeness (QED) is 0.659. The molecule has 0 aliphatic heterocycles. The number of hydrogen-bond donors (Lipinski definition) is 1. The lowest BCUT2D eigenvalue weighted by Crippen LogP contribution is -2.52. The van der Waals surface area contributed by atoms with Gasteiger partial charge in [0.05, 0.1) is 7.11 Å². The summed E-state index contributed by atoms with van der Waals surface area (Å²) in [6, 6.07) is 0.345. The summed E-state index contributed by atoms with van der Waals surface area (Å²) < 4.78 is 4.85. The molecule has 4 nitrogen and oxygen atoms in total. The van der Waals surface area contributed by atoms with Crippen LogP contribution in [0.5, 0.6) is 0 Å². The number of methoxy groups -OCH3 is 1. The van der Waals surface area contributed by atoms with Crippen LogP contribution in [0.3, 0.4) is 0 Å². The van der Waals surface area contributed by atoms with E-state index in [2.05, 4.69) is 31.1 Å². The first-order valence-corrected chi connectivity index (χ1v) is 6.38. The highest BCUT2D eigenvalue weighted by atomic mass is 16.5. The molecular weight excluding hydrogens is 216 g/mol. The van der Waals surface area contributed by atoms with Crippen molar-refractivity contribution in [3.8, 4) is 0 Å². The Kier molecular flexibility index (Phi) is 7.39. The van der Waals surface area contributed by atoms with E-state index in [0.29, 0.717) is 6.04 Å². The Labute approximate surface area is 106 Å². The molecule has 1 N–H and O–H groups in total. The van der Waals surface area contributed by atoms with Crippen molar-refractivity contribution in [2.45, 2.75) is 51.6 Å². The second-order valence-electron chi connectivity index (χ2n) is 4.96. The Bertz CT molecular complexity index is 233. The molecule has 0 amide bonds. The van der Waals surface area contributed by atoms with Crippen LogP contribution in [0.2, 0.25) is 0 Å². The summed E-state index contributed by atoms with van der Waals surface area (Å²) in [5.74, 6) is -0.198. The Morgan fingerprint density at radius 2 is 2.12 bits per heavy atom. The third-order valence-electron chi connectivity index (χ3n) is 3.51. The second kappa shape index (κ2) is 7.67. The van der Waals surface area contributed by atoms with Crippen molar-refractivity contribution in [1.29, 1.82) is 0 Å². The molecule has 0 radical (unpaired) electrons. The highest BCUT2D eigenvalue weighted by Gasteiger charge is 2.34. The van der Waals surface area contributed by atoms with Crippen molar-refractivity contribution in [1.82, 2.24) is 10.2 Å². The molecule has 0 aromatic heterocycles. The van der Waals surface area contributed by atoms with Gasteiger partial charge in [-0.15, -0.1) is 0 Å². The minimum Gasteiger partial charge on any atom is -0.468 e. The van der Waals surface area contributed by atoms with E-state index in [1.54, 1.807) is 7.05 Å². The lowest BCUT2D eigenvalue weighted by Gasteiger charge is -2.33. The number of likely N-dealkylation sites (N-methyl/N-ethyl adjacent to an activating group) is 1. The van der Waals surface area contributed by atoms with E-state index in [-0.39, 0.29) is 5.97 Å². The third-order valence-corrected chi connectivity index (χ3v) is 3.51. The summed E-state index contributed by atoms with van der Waals surface area (Å²) >= 11 is 0. The molecule has 0 aliphatic rings. The number of rotatable bonds is 8. The number of nitrogens with zero attached hydrogens (tertiary/aromatic N) is 1. The number of ether oxygens (including phenoxy) is 1. The van der Waals surface area contributed by atoms with Crippen LogP contribution in [0, 0.1) is 0 Å². The average Bonchev–Trinajstić information content (AvgIpc) is 2.34. The van der Waals surface area contributed by atoms with Gasteiger partial charge in [-0.25, -0.2) is 0 Å². The van der Waals surface area contributed by atoms with E-state index in [4.69, 9.17) is 4.74 Å². The Morgan fingerprint density at radius 1 is 1.53 bits per heavy atom. The maximum absolute atomic E-state index is 11.7. The third kappa shape index (κ3) is 5.04. The van der Waals surface area contributed by atoms with Crippen LogP contribution in [0.15, 0.2) is 0 Å². The fourth-order valence-corrected chi connectivity index (χ4v) is 1.89. The fraction of sp³-hybridized carbons (Fsp3) is 0.923. The van der Waals surface area contributed by atoms with Crippen LogP contribution in [-0.4, -0.2) is 50.2 Å². The van der Waals surface area contributed by atoms with Crippen molar-refractivity contribution < 1.29 is 9.53 Å². The van der Waals surface area contributed by atoms with Crippen molar-refractivity contribution in [3.05, 3.63) is 0 Å². The van der Waals surface area contributed by atoms with Gasteiger partial charge in [-0.2, -0.15) is 0 Å². The van der Waals surface area contributed by atoms with Crippen LogP contribution in [0.1, 0.15) is 40.0 Å². The smallest absolute Gasteiger partial charge is 0.325 e. The molecule has 0 fully saturated rings. The molecule has 0 saturated carbocycles. The van der Waals surface area contributed by atoms with E-state index >= 15 is 0 Å². The van der Waals surface area contributed by atoms with Crippen LogP contribution in [-0.2, 0) is 9.53 Å². The van der Waals surface area contributed by atoms with E-state index in [9.17, 15) is 4.79 Å². The van der Waals surface area contributed by atoms with Crippen molar-refractivity contribution in [2.24, 2.45) is 0 Å². The largest absolute Gasteiger partial charge is 0.468 e. The molecule has 0 aromatic rings. The molecule has 0 aliphatic carbocycles. The van der Waals surface area contributed by atoms with Crippen LogP contribution in [0.25, 0.3) is 0 Å².